The van der Waals surface area contributed by atoms with Gasteiger partial charge in [-0.1, -0.05) is 6.92 Å². The van der Waals surface area contributed by atoms with Gasteiger partial charge in [-0.05, 0) is 6.42 Å². The second-order valence-electron chi connectivity index (χ2n) is 3.74. The molecule has 1 aliphatic rings. The van der Waals surface area contributed by atoms with E-state index in [-0.39, 0.29) is 13.1 Å². The van der Waals surface area contributed by atoms with Crippen LogP contribution in [0.5, 0.6) is 0 Å². The van der Waals surface area contributed by atoms with E-state index in [0.29, 0.717) is 6.42 Å². The first kappa shape index (κ1) is 11.9. The molecule has 0 radical (unpaired) electrons. The topological polar surface area (TPSA) is 66.8 Å². The lowest BCUT2D eigenvalue weighted by Crippen LogP contribution is -2.42. The van der Waals surface area contributed by atoms with Crippen LogP contribution in [0.2, 0.25) is 0 Å². The van der Waals surface area contributed by atoms with E-state index in [4.69, 9.17) is 4.74 Å². The van der Waals surface area contributed by atoms with Crippen molar-refractivity contribution in [1.82, 2.24) is 4.31 Å². The van der Waals surface area contributed by atoms with E-state index in [1.807, 2.05) is 6.92 Å². The van der Waals surface area contributed by atoms with Crippen molar-refractivity contribution < 1.29 is 18.3 Å². The molecule has 0 aliphatic carbocycles. The lowest BCUT2D eigenvalue weighted by molar-refractivity contribution is -0.0622. The molecule has 0 bridgehead atoms. The smallest absolute Gasteiger partial charge is 0.211 e. The minimum atomic E-state index is -3.23. The van der Waals surface area contributed by atoms with Gasteiger partial charge in [0.05, 0.1) is 6.26 Å². The Bertz CT molecular complexity index is 302. The zero-order chi connectivity index (χ0) is 11.0. The molecule has 1 heterocycles. The second kappa shape index (κ2) is 3.77. The standard InChI is InChI=1S/C8H17NO4S/c1-4-8(10)6-9(14(3,11)12)5-7(8)13-2/h7,10H,4-6H2,1-3H3/t7-,8+/m0/s1. The Hall–Kier alpha value is -0.170. The second-order valence-corrected chi connectivity index (χ2v) is 5.72. The van der Waals surface area contributed by atoms with Crippen LogP contribution in [0.15, 0.2) is 0 Å². The summed E-state index contributed by atoms with van der Waals surface area (Å²) in [6.45, 7) is 2.18. The van der Waals surface area contributed by atoms with Gasteiger partial charge >= 0.3 is 0 Å². The zero-order valence-corrected chi connectivity index (χ0v) is 9.54. The van der Waals surface area contributed by atoms with E-state index in [1.54, 1.807) is 0 Å². The van der Waals surface area contributed by atoms with Crippen molar-refractivity contribution in [1.29, 1.82) is 0 Å². The van der Waals surface area contributed by atoms with E-state index in [2.05, 4.69) is 0 Å². The van der Waals surface area contributed by atoms with E-state index >= 15 is 0 Å². The molecule has 14 heavy (non-hydrogen) atoms. The molecule has 0 aromatic heterocycles. The molecular weight excluding hydrogens is 206 g/mol. The van der Waals surface area contributed by atoms with Crippen molar-refractivity contribution >= 4 is 10.0 Å². The molecule has 0 spiro atoms. The van der Waals surface area contributed by atoms with Gasteiger partial charge in [0, 0.05) is 20.2 Å². The summed E-state index contributed by atoms with van der Waals surface area (Å²) in [6.07, 6.45) is 1.20. The molecule has 1 saturated heterocycles. The SMILES string of the molecule is CC[C@@]1(O)CN(S(C)(=O)=O)C[C@@H]1OC. The monoisotopic (exact) mass is 223 g/mol. The fourth-order valence-electron chi connectivity index (χ4n) is 1.71. The summed E-state index contributed by atoms with van der Waals surface area (Å²) in [5.74, 6) is 0. The van der Waals surface area contributed by atoms with E-state index in [9.17, 15) is 13.5 Å². The highest BCUT2D eigenvalue weighted by Gasteiger charge is 2.47. The maximum Gasteiger partial charge on any atom is 0.211 e. The van der Waals surface area contributed by atoms with Gasteiger partial charge < -0.3 is 9.84 Å². The van der Waals surface area contributed by atoms with Gasteiger partial charge in [0.2, 0.25) is 10.0 Å². The fourth-order valence-corrected chi connectivity index (χ4v) is 2.58. The van der Waals surface area contributed by atoms with Crippen LogP contribution < -0.4 is 0 Å². The van der Waals surface area contributed by atoms with Crippen LogP contribution in [0.25, 0.3) is 0 Å². The number of rotatable bonds is 3. The van der Waals surface area contributed by atoms with Gasteiger partial charge in [-0.15, -0.1) is 0 Å². The maximum atomic E-state index is 11.3. The van der Waals surface area contributed by atoms with Gasteiger partial charge in [0.15, 0.2) is 0 Å². The van der Waals surface area contributed by atoms with E-state index in [0.717, 1.165) is 6.26 Å². The Kier molecular flexibility index (Phi) is 3.20. The van der Waals surface area contributed by atoms with Gasteiger partial charge in [-0.3, -0.25) is 0 Å². The van der Waals surface area contributed by atoms with Crippen LogP contribution in [0.4, 0.5) is 0 Å². The molecule has 0 unspecified atom stereocenters. The van der Waals surface area contributed by atoms with Crippen LogP contribution in [-0.4, -0.2) is 56.0 Å². The van der Waals surface area contributed by atoms with Gasteiger partial charge in [0.25, 0.3) is 0 Å². The number of β-amino-alcohol motifs (C(OH)–C–C–N with tert-alkyl or cyclic N) is 1. The van der Waals surface area contributed by atoms with Gasteiger partial charge in [-0.2, -0.15) is 4.31 Å². The van der Waals surface area contributed by atoms with Crippen molar-refractivity contribution in [3.8, 4) is 0 Å². The quantitative estimate of drug-likeness (QED) is 0.695. The van der Waals surface area contributed by atoms with Crippen molar-refractivity contribution in [3.63, 3.8) is 0 Å². The summed E-state index contributed by atoms with van der Waals surface area (Å²) in [7, 11) is -1.75. The molecule has 1 fully saturated rings. The molecule has 84 valence electrons. The Labute approximate surface area is 84.7 Å². The number of sulfonamides is 1. The Morgan fingerprint density at radius 1 is 1.64 bits per heavy atom. The molecule has 2 atom stereocenters. The number of methoxy groups -OCH3 is 1. The molecule has 0 aromatic rings. The summed E-state index contributed by atoms with van der Waals surface area (Å²) in [6, 6.07) is 0. The first-order valence-electron chi connectivity index (χ1n) is 4.54. The van der Waals surface area contributed by atoms with Crippen LogP contribution in [0, 0.1) is 0 Å². The molecule has 0 aromatic carbocycles. The summed E-state index contributed by atoms with van der Waals surface area (Å²) in [5, 5.41) is 10.1. The molecule has 0 saturated carbocycles. The summed E-state index contributed by atoms with van der Waals surface area (Å²) in [4.78, 5) is 0. The summed E-state index contributed by atoms with van der Waals surface area (Å²) in [5.41, 5.74) is -1.04. The van der Waals surface area contributed by atoms with Crippen molar-refractivity contribution in [2.75, 3.05) is 26.5 Å². The fraction of sp³-hybridized carbons (Fsp3) is 1.00. The highest BCUT2D eigenvalue weighted by atomic mass is 32.2. The average Bonchev–Trinajstić information content (AvgIpc) is 2.43. The first-order chi connectivity index (χ1) is 6.33. The average molecular weight is 223 g/mol. The van der Waals surface area contributed by atoms with Crippen LogP contribution in [0.3, 0.4) is 0 Å². The molecule has 1 aliphatic heterocycles. The minimum Gasteiger partial charge on any atom is -0.386 e. The third-order valence-corrected chi connectivity index (χ3v) is 4.00. The Morgan fingerprint density at radius 3 is 2.50 bits per heavy atom. The van der Waals surface area contributed by atoms with Gasteiger partial charge in [0.1, 0.15) is 11.7 Å². The molecule has 1 rings (SSSR count). The molecular formula is C8H17NO4S. The predicted molar refractivity (Wildman–Crippen MR) is 52.5 cm³/mol. The van der Waals surface area contributed by atoms with Crippen LogP contribution in [0.1, 0.15) is 13.3 Å². The lowest BCUT2D eigenvalue weighted by Gasteiger charge is -2.26. The minimum absolute atomic E-state index is 0.126. The maximum absolute atomic E-state index is 11.3. The molecule has 6 heteroatoms. The molecule has 5 nitrogen and oxygen atoms in total. The van der Waals surface area contributed by atoms with Crippen molar-refractivity contribution in [2.45, 2.75) is 25.0 Å². The summed E-state index contributed by atoms with van der Waals surface area (Å²) >= 11 is 0. The van der Waals surface area contributed by atoms with Crippen LogP contribution >= 0.6 is 0 Å². The summed E-state index contributed by atoms with van der Waals surface area (Å²) < 4.78 is 28.9. The molecule has 1 N–H and O–H groups in total. The third kappa shape index (κ3) is 2.08. The third-order valence-electron chi connectivity index (χ3n) is 2.78. The number of hydrogen-bond acceptors (Lipinski definition) is 4. The van der Waals surface area contributed by atoms with Crippen LogP contribution in [-0.2, 0) is 14.8 Å². The van der Waals surface area contributed by atoms with E-state index in [1.165, 1.54) is 11.4 Å². The predicted octanol–water partition coefficient (Wildman–Crippen LogP) is -0.582. The van der Waals surface area contributed by atoms with Crippen molar-refractivity contribution in [2.24, 2.45) is 0 Å². The highest BCUT2D eigenvalue weighted by molar-refractivity contribution is 7.88. The normalized spacial score (nSPS) is 35.0. The number of ether oxygens (including phenoxy) is 1. The number of aliphatic hydroxyl groups is 1. The molecule has 0 amide bonds. The van der Waals surface area contributed by atoms with E-state index < -0.39 is 21.7 Å². The van der Waals surface area contributed by atoms with Gasteiger partial charge in [-0.25, -0.2) is 8.42 Å². The lowest BCUT2D eigenvalue weighted by atomic mass is 9.97. The Balaban J connectivity index is 2.86. The number of hydrogen-bond donors (Lipinski definition) is 1. The Morgan fingerprint density at radius 2 is 2.21 bits per heavy atom. The number of nitrogens with zero attached hydrogens (tertiary/aromatic N) is 1. The largest absolute Gasteiger partial charge is 0.386 e. The zero-order valence-electron chi connectivity index (χ0n) is 8.73. The highest BCUT2D eigenvalue weighted by Crippen LogP contribution is 2.28. The van der Waals surface area contributed by atoms with Crippen molar-refractivity contribution in [3.05, 3.63) is 0 Å². The first-order valence-corrected chi connectivity index (χ1v) is 6.38.